The third-order valence-corrected chi connectivity index (χ3v) is 5.93. The minimum absolute atomic E-state index is 0.0297. The fraction of sp³-hybridized carbons (Fsp3) is 0.222. The number of hydrogen-bond donors (Lipinski definition) is 2. The molecule has 1 unspecified atom stereocenters. The number of para-hydroxylation sites is 1. The maximum Gasteiger partial charge on any atom is 0.255 e. The second-order valence-electron chi connectivity index (χ2n) is 8.10. The van der Waals surface area contributed by atoms with Gasteiger partial charge in [0.05, 0.1) is 19.8 Å². The van der Waals surface area contributed by atoms with E-state index in [1.54, 1.807) is 32.4 Å². The number of H-pyrrole nitrogens is 1. The Kier molecular flexibility index (Phi) is 6.54. The third-order valence-electron chi connectivity index (χ3n) is 5.93. The molecule has 3 aromatic carbocycles. The van der Waals surface area contributed by atoms with Crippen molar-refractivity contribution in [1.82, 2.24) is 10.3 Å². The molecule has 0 bridgehead atoms. The average molecular weight is 444 g/mol. The van der Waals surface area contributed by atoms with E-state index in [1.807, 2.05) is 32.4 Å². The lowest BCUT2D eigenvalue weighted by molar-refractivity contribution is 0.0949. The molecule has 0 aliphatic carbocycles. The van der Waals surface area contributed by atoms with Crippen molar-refractivity contribution in [2.24, 2.45) is 0 Å². The van der Waals surface area contributed by atoms with E-state index in [0.717, 1.165) is 27.7 Å². The summed E-state index contributed by atoms with van der Waals surface area (Å²) in [4.78, 5) is 18.6. The topological polar surface area (TPSA) is 66.6 Å². The molecule has 1 heterocycles. The smallest absolute Gasteiger partial charge is 0.255 e. The number of rotatable bonds is 8. The van der Waals surface area contributed by atoms with Crippen molar-refractivity contribution in [3.63, 3.8) is 0 Å². The molecule has 1 aromatic heterocycles. The van der Waals surface area contributed by atoms with Gasteiger partial charge >= 0.3 is 0 Å². The van der Waals surface area contributed by atoms with Gasteiger partial charge in [-0.1, -0.05) is 30.3 Å². The lowest BCUT2D eigenvalue weighted by Crippen LogP contribution is -2.29. The van der Waals surface area contributed by atoms with Crippen LogP contribution in [0.2, 0.25) is 0 Å². The molecule has 6 heteroatoms. The molecular weight excluding hydrogens is 414 g/mol. The molecular formula is C27H29N3O3. The van der Waals surface area contributed by atoms with Crippen molar-refractivity contribution in [3.05, 3.63) is 89.6 Å². The first kappa shape index (κ1) is 22.3. The first-order chi connectivity index (χ1) is 16.0. The predicted octanol–water partition coefficient (Wildman–Crippen LogP) is 4.81. The predicted molar refractivity (Wildman–Crippen MR) is 133 cm³/mol. The molecule has 0 saturated carbocycles. The molecule has 0 saturated heterocycles. The Balaban J connectivity index is 1.66. The van der Waals surface area contributed by atoms with E-state index in [9.17, 15) is 4.79 Å². The monoisotopic (exact) mass is 443 g/mol. The van der Waals surface area contributed by atoms with Crippen LogP contribution in [0.3, 0.4) is 0 Å². The SMILES string of the molecule is COc1ccc(OC)c(C(=O)NCC(c2ccc(N(C)C)cc2)c2c[nH]c3ccccc23)c1. The van der Waals surface area contributed by atoms with Crippen LogP contribution in [-0.4, -0.2) is 45.8 Å². The fourth-order valence-corrected chi connectivity index (χ4v) is 4.08. The van der Waals surface area contributed by atoms with Crippen LogP contribution in [0.5, 0.6) is 11.5 Å². The highest BCUT2D eigenvalue weighted by molar-refractivity contribution is 5.97. The van der Waals surface area contributed by atoms with Gasteiger partial charge in [0.1, 0.15) is 11.5 Å². The van der Waals surface area contributed by atoms with Crippen LogP contribution in [0.25, 0.3) is 10.9 Å². The molecule has 1 amide bonds. The van der Waals surface area contributed by atoms with Gasteiger partial charge in [-0.2, -0.15) is 0 Å². The van der Waals surface area contributed by atoms with E-state index < -0.39 is 0 Å². The number of aromatic amines is 1. The summed E-state index contributed by atoms with van der Waals surface area (Å²) in [7, 11) is 7.18. The van der Waals surface area contributed by atoms with E-state index in [0.29, 0.717) is 23.6 Å². The summed E-state index contributed by atoms with van der Waals surface area (Å²) in [5, 5.41) is 4.26. The van der Waals surface area contributed by atoms with Crippen molar-refractivity contribution in [2.45, 2.75) is 5.92 Å². The molecule has 6 nitrogen and oxygen atoms in total. The molecule has 0 radical (unpaired) electrons. The number of carbonyl (C=O) groups excluding carboxylic acids is 1. The van der Waals surface area contributed by atoms with Gasteiger partial charge < -0.3 is 24.7 Å². The third kappa shape index (κ3) is 4.65. The molecule has 4 aromatic rings. The largest absolute Gasteiger partial charge is 0.497 e. The van der Waals surface area contributed by atoms with Gasteiger partial charge in [-0.05, 0) is 47.5 Å². The number of nitrogens with one attached hydrogen (secondary N) is 2. The van der Waals surface area contributed by atoms with Crippen molar-refractivity contribution < 1.29 is 14.3 Å². The van der Waals surface area contributed by atoms with Crippen molar-refractivity contribution in [2.75, 3.05) is 39.8 Å². The number of methoxy groups -OCH3 is 2. The van der Waals surface area contributed by atoms with E-state index >= 15 is 0 Å². The van der Waals surface area contributed by atoms with Crippen LogP contribution in [0.15, 0.2) is 72.9 Å². The summed E-state index contributed by atoms with van der Waals surface area (Å²) in [5.74, 6) is 0.874. The van der Waals surface area contributed by atoms with Gasteiger partial charge in [0.15, 0.2) is 0 Å². The van der Waals surface area contributed by atoms with Gasteiger partial charge in [-0.15, -0.1) is 0 Å². The summed E-state index contributed by atoms with van der Waals surface area (Å²) < 4.78 is 10.7. The minimum atomic E-state index is -0.208. The normalized spacial score (nSPS) is 11.8. The maximum absolute atomic E-state index is 13.1. The Bertz CT molecular complexity index is 1250. The van der Waals surface area contributed by atoms with E-state index in [2.05, 4.69) is 51.6 Å². The van der Waals surface area contributed by atoms with Crippen LogP contribution in [0.1, 0.15) is 27.4 Å². The highest BCUT2D eigenvalue weighted by Gasteiger charge is 2.21. The fourth-order valence-electron chi connectivity index (χ4n) is 4.08. The Labute approximate surface area is 194 Å². The van der Waals surface area contributed by atoms with Crippen LogP contribution < -0.4 is 19.7 Å². The number of aromatic nitrogens is 1. The quantitative estimate of drug-likeness (QED) is 0.410. The van der Waals surface area contributed by atoms with Crippen molar-refractivity contribution >= 4 is 22.5 Å². The second kappa shape index (κ2) is 9.69. The molecule has 0 aliphatic rings. The zero-order valence-electron chi connectivity index (χ0n) is 19.4. The zero-order valence-corrected chi connectivity index (χ0v) is 19.4. The summed E-state index contributed by atoms with van der Waals surface area (Å²) in [6.07, 6.45) is 2.04. The number of hydrogen-bond acceptors (Lipinski definition) is 4. The number of fused-ring (bicyclic) bond motifs is 1. The summed E-state index contributed by atoms with van der Waals surface area (Å²) in [5.41, 5.74) is 4.91. The van der Waals surface area contributed by atoms with E-state index in [4.69, 9.17) is 9.47 Å². The van der Waals surface area contributed by atoms with Crippen molar-refractivity contribution in [3.8, 4) is 11.5 Å². The van der Waals surface area contributed by atoms with E-state index in [1.165, 1.54) is 0 Å². The van der Waals surface area contributed by atoms with Gasteiger partial charge in [0.25, 0.3) is 5.91 Å². The van der Waals surface area contributed by atoms with Crippen LogP contribution in [0, 0.1) is 0 Å². The van der Waals surface area contributed by atoms with Crippen LogP contribution in [0.4, 0.5) is 5.69 Å². The highest BCUT2D eigenvalue weighted by atomic mass is 16.5. The number of nitrogens with zero attached hydrogens (tertiary/aromatic N) is 1. The molecule has 0 spiro atoms. The molecule has 1 atom stereocenters. The van der Waals surface area contributed by atoms with Gasteiger partial charge in [-0.3, -0.25) is 4.79 Å². The minimum Gasteiger partial charge on any atom is -0.497 e. The maximum atomic E-state index is 13.1. The number of carbonyl (C=O) groups is 1. The number of benzene rings is 3. The van der Waals surface area contributed by atoms with Gasteiger partial charge in [0, 0.05) is 49.3 Å². The van der Waals surface area contributed by atoms with Crippen LogP contribution >= 0.6 is 0 Å². The molecule has 170 valence electrons. The number of ether oxygens (including phenoxy) is 2. The van der Waals surface area contributed by atoms with Crippen molar-refractivity contribution in [1.29, 1.82) is 0 Å². The van der Waals surface area contributed by atoms with E-state index in [-0.39, 0.29) is 11.8 Å². The first-order valence-electron chi connectivity index (χ1n) is 10.9. The Morgan fingerprint density at radius 3 is 2.45 bits per heavy atom. The standard InChI is InChI=1S/C27H29N3O3/c1-30(2)19-11-9-18(10-12-19)23(24-17-28-25-8-6-5-7-21(24)25)16-29-27(31)22-15-20(32-3)13-14-26(22)33-4/h5-15,17,23,28H,16H2,1-4H3,(H,29,31). The summed E-state index contributed by atoms with van der Waals surface area (Å²) in [6, 6.07) is 21.9. The van der Waals surface area contributed by atoms with Crippen LogP contribution in [-0.2, 0) is 0 Å². The summed E-state index contributed by atoms with van der Waals surface area (Å²) >= 11 is 0. The summed E-state index contributed by atoms with van der Waals surface area (Å²) in [6.45, 7) is 0.433. The Hall–Kier alpha value is -3.93. The molecule has 4 rings (SSSR count). The Morgan fingerprint density at radius 1 is 1.00 bits per heavy atom. The number of amides is 1. The zero-order chi connectivity index (χ0) is 23.4. The van der Waals surface area contributed by atoms with Gasteiger partial charge in [0.2, 0.25) is 0 Å². The highest BCUT2D eigenvalue weighted by Crippen LogP contribution is 2.32. The van der Waals surface area contributed by atoms with Gasteiger partial charge in [-0.25, -0.2) is 0 Å². The molecule has 33 heavy (non-hydrogen) atoms. The molecule has 2 N–H and O–H groups in total. The second-order valence-corrected chi connectivity index (χ2v) is 8.10. The average Bonchev–Trinajstić information content (AvgIpc) is 3.28. The molecule has 0 fully saturated rings. The lowest BCUT2D eigenvalue weighted by atomic mass is 9.90. The molecule has 0 aliphatic heterocycles. The first-order valence-corrected chi connectivity index (χ1v) is 10.9. The Morgan fingerprint density at radius 2 is 1.76 bits per heavy atom. The number of anilines is 1. The lowest BCUT2D eigenvalue weighted by Gasteiger charge is -2.20.